The van der Waals surface area contributed by atoms with Crippen LogP contribution < -0.4 is 16.0 Å². The first kappa shape index (κ1) is 20.0. The normalized spacial score (nSPS) is 11.2. The third-order valence-corrected chi connectivity index (χ3v) is 2.67. The van der Waals surface area contributed by atoms with Crippen LogP contribution in [-0.2, 0) is 14.3 Å². The number of likely N-dealkylation sites (N-methyl/N-ethyl adjacent to an activating group) is 1. The Hall–Kier alpha value is -1.99. The zero-order chi connectivity index (χ0) is 16.8. The average molecular weight is 317 g/mol. The summed E-state index contributed by atoms with van der Waals surface area (Å²) < 4.78 is 9.74. The van der Waals surface area contributed by atoms with E-state index in [2.05, 4.69) is 16.0 Å². The smallest absolute Gasteiger partial charge is 0.407 e. The van der Waals surface area contributed by atoms with Gasteiger partial charge in [0.25, 0.3) is 0 Å². The lowest BCUT2D eigenvalue weighted by molar-refractivity contribution is -0.122. The maximum atomic E-state index is 11.7. The van der Waals surface area contributed by atoms with E-state index < -0.39 is 18.2 Å². The highest BCUT2D eigenvalue weighted by Crippen LogP contribution is 1.98. The van der Waals surface area contributed by atoms with Crippen LogP contribution in [0.5, 0.6) is 0 Å². The minimum absolute atomic E-state index is 0.303. The molecular formula is C14H27N3O5. The topological polar surface area (TPSA) is 106 Å². The van der Waals surface area contributed by atoms with E-state index in [9.17, 15) is 14.4 Å². The third-order valence-electron chi connectivity index (χ3n) is 2.67. The maximum Gasteiger partial charge on any atom is 0.407 e. The molecule has 0 spiro atoms. The summed E-state index contributed by atoms with van der Waals surface area (Å²) in [7, 11) is 1.49. The van der Waals surface area contributed by atoms with Crippen molar-refractivity contribution >= 4 is 18.1 Å². The van der Waals surface area contributed by atoms with Gasteiger partial charge in [0.2, 0.25) is 5.91 Å². The minimum Gasteiger partial charge on any atom is -0.450 e. The average Bonchev–Trinajstić information content (AvgIpc) is 2.52. The molecule has 0 radical (unpaired) electrons. The van der Waals surface area contributed by atoms with Gasteiger partial charge in [-0.3, -0.25) is 4.79 Å². The van der Waals surface area contributed by atoms with Gasteiger partial charge in [-0.1, -0.05) is 13.8 Å². The molecule has 0 saturated carbocycles. The summed E-state index contributed by atoms with van der Waals surface area (Å²) in [6, 6.07) is -0.692. The van der Waals surface area contributed by atoms with Crippen LogP contribution in [-0.4, -0.2) is 50.9 Å². The molecule has 0 aromatic heterocycles. The lowest BCUT2D eigenvalue weighted by Crippen LogP contribution is -2.46. The highest BCUT2D eigenvalue weighted by molar-refractivity contribution is 5.85. The Labute approximate surface area is 131 Å². The van der Waals surface area contributed by atoms with E-state index in [1.165, 1.54) is 7.05 Å². The van der Waals surface area contributed by atoms with Gasteiger partial charge in [-0.2, -0.15) is 0 Å². The van der Waals surface area contributed by atoms with E-state index >= 15 is 0 Å². The Kier molecular flexibility index (Phi) is 11.6. The Morgan fingerprint density at radius 2 is 1.59 bits per heavy atom. The van der Waals surface area contributed by atoms with Gasteiger partial charge in [-0.25, -0.2) is 9.59 Å². The van der Waals surface area contributed by atoms with Crippen molar-refractivity contribution in [2.45, 2.75) is 45.6 Å². The summed E-state index contributed by atoms with van der Waals surface area (Å²) in [4.78, 5) is 34.4. The Bertz CT molecular complexity index is 349. The van der Waals surface area contributed by atoms with Crippen molar-refractivity contribution in [2.75, 3.05) is 26.8 Å². The molecule has 128 valence electrons. The predicted octanol–water partition coefficient (Wildman–Crippen LogP) is 1.15. The van der Waals surface area contributed by atoms with E-state index in [1.807, 2.05) is 13.8 Å². The maximum absolute atomic E-state index is 11.7. The number of hydrogen-bond acceptors (Lipinski definition) is 5. The van der Waals surface area contributed by atoms with Gasteiger partial charge in [0, 0.05) is 13.6 Å². The van der Waals surface area contributed by atoms with Crippen molar-refractivity contribution in [3.63, 3.8) is 0 Å². The van der Waals surface area contributed by atoms with Crippen molar-refractivity contribution < 1.29 is 23.9 Å². The number of rotatable bonds is 10. The van der Waals surface area contributed by atoms with E-state index in [0.717, 1.165) is 6.42 Å². The summed E-state index contributed by atoms with van der Waals surface area (Å²) in [6.07, 6.45) is 1.28. The van der Waals surface area contributed by atoms with Gasteiger partial charge in [0.1, 0.15) is 6.04 Å². The molecular weight excluding hydrogens is 290 g/mol. The number of hydrogen-bond donors (Lipinski definition) is 3. The number of carbonyl (C=O) groups excluding carboxylic acids is 3. The van der Waals surface area contributed by atoms with Gasteiger partial charge >= 0.3 is 12.2 Å². The zero-order valence-electron chi connectivity index (χ0n) is 13.6. The first-order chi connectivity index (χ1) is 10.5. The van der Waals surface area contributed by atoms with Crippen molar-refractivity contribution in [1.82, 2.24) is 16.0 Å². The van der Waals surface area contributed by atoms with E-state index in [4.69, 9.17) is 9.47 Å². The van der Waals surface area contributed by atoms with E-state index in [1.54, 1.807) is 0 Å². The standard InChI is InChI=1S/C14H27N3O5/c1-4-9-21-13(19)16-8-6-7-11(12(18)15-3)17-14(20)22-10-5-2/h11H,4-10H2,1-3H3,(H,15,18)(H,16,19)(H,17,20)/t11-/m1/s1. The lowest BCUT2D eigenvalue weighted by atomic mass is 10.1. The van der Waals surface area contributed by atoms with Crippen LogP contribution >= 0.6 is 0 Å². The Balaban J connectivity index is 4.07. The van der Waals surface area contributed by atoms with Crippen LogP contribution in [0.2, 0.25) is 0 Å². The fourth-order valence-corrected chi connectivity index (χ4v) is 1.56. The molecule has 0 unspecified atom stereocenters. The molecule has 8 nitrogen and oxygen atoms in total. The molecule has 3 N–H and O–H groups in total. The summed E-state index contributed by atoms with van der Waals surface area (Å²) in [5.41, 5.74) is 0. The van der Waals surface area contributed by atoms with Gasteiger partial charge in [-0.15, -0.1) is 0 Å². The summed E-state index contributed by atoms with van der Waals surface area (Å²) >= 11 is 0. The molecule has 0 bridgehead atoms. The van der Waals surface area contributed by atoms with E-state index in [0.29, 0.717) is 39.0 Å². The number of carbonyl (C=O) groups is 3. The molecule has 0 aliphatic carbocycles. The van der Waals surface area contributed by atoms with E-state index in [-0.39, 0.29) is 5.91 Å². The van der Waals surface area contributed by atoms with Gasteiger partial charge < -0.3 is 25.4 Å². The number of ether oxygens (including phenoxy) is 2. The number of amides is 3. The summed E-state index contributed by atoms with van der Waals surface area (Å²) in [6.45, 7) is 4.83. The minimum atomic E-state index is -0.692. The van der Waals surface area contributed by atoms with Gasteiger partial charge in [0.15, 0.2) is 0 Å². The van der Waals surface area contributed by atoms with Crippen molar-refractivity contribution in [1.29, 1.82) is 0 Å². The van der Waals surface area contributed by atoms with Crippen LogP contribution in [0.25, 0.3) is 0 Å². The largest absolute Gasteiger partial charge is 0.450 e. The summed E-state index contributed by atoms with van der Waals surface area (Å²) in [5, 5.41) is 7.57. The highest BCUT2D eigenvalue weighted by atomic mass is 16.6. The van der Waals surface area contributed by atoms with Crippen LogP contribution in [0.4, 0.5) is 9.59 Å². The van der Waals surface area contributed by atoms with Gasteiger partial charge in [-0.05, 0) is 25.7 Å². The fourth-order valence-electron chi connectivity index (χ4n) is 1.56. The van der Waals surface area contributed by atoms with Crippen LogP contribution in [0.15, 0.2) is 0 Å². The predicted molar refractivity (Wildman–Crippen MR) is 81.5 cm³/mol. The molecule has 0 aliphatic rings. The van der Waals surface area contributed by atoms with Crippen LogP contribution in [0.1, 0.15) is 39.5 Å². The van der Waals surface area contributed by atoms with Crippen molar-refractivity contribution in [2.24, 2.45) is 0 Å². The molecule has 0 heterocycles. The Morgan fingerprint density at radius 3 is 2.14 bits per heavy atom. The second kappa shape index (κ2) is 12.7. The Morgan fingerprint density at radius 1 is 1.00 bits per heavy atom. The second-order valence-corrected chi connectivity index (χ2v) is 4.65. The summed E-state index contributed by atoms with van der Waals surface area (Å²) in [5.74, 6) is -0.304. The highest BCUT2D eigenvalue weighted by Gasteiger charge is 2.19. The molecule has 0 fully saturated rings. The number of alkyl carbamates (subject to hydrolysis) is 2. The van der Waals surface area contributed by atoms with Crippen molar-refractivity contribution in [3.05, 3.63) is 0 Å². The molecule has 8 heteroatoms. The van der Waals surface area contributed by atoms with Crippen LogP contribution in [0.3, 0.4) is 0 Å². The molecule has 0 rings (SSSR count). The first-order valence-corrected chi connectivity index (χ1v) is 7.60. The molecule has 1 atom stereocenters. The molecule has 3 amide bonds. The fraction of sp³-hybridized carbons (Fsp3) is 0.786. The van der Waals surface area contributed by atoms with Crippen LogP contribution in [0, 0.1) is 0 Å². The molecule has 22 heavy (non-hydrogen) atoms. The molecule has 0 saturated heterocycles. The SMILES string of the molecule is CCCOC(=O)NCCC[C@@H](NC(=O)OCCC)C(=O)NC. The lowest BCUT2D eigenvalue weighted by Gasteiger charge is -2.17. The molecule has 0 aromatic rings. The molecule has 0 aliphatic heterocycles. The second-order valence-electron chi connectivity index (χ2n) is 4.65. The monoisotopic (exact) mass is 317 g/mol. The zero-order valence-corrected chi connectivity index (χ0v) is 13.6. The first-order valence-electron chi connectivity index (χ1n) is 7.60. The van der Waals surface area contributed by atoms with Crippen molar-refractivity contribution in [3.8, 4) is 0 Å². The third kappa shape index (κ3) is 9.84. The van der Waals surface area contributed by atoms with Gasteiger partial charge in [0.05, 0.1) is 13.2 Å². The molecule has 0 aromatic carbocycles. The number of nitrogens with one attached hydrogen (secondary N) is 3. The quantitative estimate of drug-likeness (QED) is 0.524.